The second kappa shape index (κ2) is 12.1. The second-order valence-electron chi connectivity index (χ2n) is 7.92. The van der Waals surface area contributed by atoms with Crippen molar-refractivity contribution in [1.29, 1.82) is 0 Å². The zero-order chi connectivity index (χ0) is 27.4. The molecule has 0 bridgehead atoms. The number of methoxy groups -OCH3 is 1. The van der Waals surface area contributed by atoms with Crippen LogP contribution < -0.4 is 14.8 Å². The summed E-state index contributed by atoms with van der Waals surface area (Å²) in [6.45, 7) is 2.26. The summed E-state index contributed by atoms with van der Waals surface area (Å²) in [5.74, 6) is -0.268. The Bertz CT molecular complexity index is 1440. The molecule has 1 saturated heterocycles. The van der Waals surface area contributed by atoms with Crippen LogP contribution in [0.3, 0.4) is 0 Å². The third-order valence-corrected chi connectivity index (χ3v) is 6.87. The molecule has 0 spiro atoms. The molecule has 1 N–H and O–H groups in total. The molecular formula is C26H21Br2ClN2O7. The maximum absolute atomic E-state index is 12.9. The van der Waals surface area contributed by atoms with Gasteiger partial charge in [0, 0.05) is 14.5 Å². The van der Waals surface area contributed by atoms with E-state index in [0.29, 0.717) is 23.7 Å². The van der Waals surface area contributed by atoms with E-state index >= 15 is 0 Å². The lowest BCUT2D eigenvalue weighted by Crippen LogP contribution is -2.30. The third-order valence-electron chi connectivity index (χ3n) is 5.35. The summed E-state index contributed by atoms with van der Waals surface area (Å²) in [4.78, 5) is 38.0. The minimum absolute atomic E-state index is 0.0294. The molecule has 0 radical (unpaired) electrons. The minimum Gasteiger partial charge on any atom is -0.490 e. The predicted octanol–water partition coefficient (Wildman–Crippen LogP) is 6.32. The van der Waals surface area contributed by atoms with Gasteiger partial charge in [-0.2, -0.15) is 0 Å². The summed E-state index contributed by atoms with van der Waals surface area (Å²) in [5, 5.41) is 2.82. The number of halogens is 3. The number of hydrogen-bond acceptors (Lipinski definition) is 7. The first-order chi connectivity index (χ1) is 18.2. The Hall–Kier alpha value is -3.28. The molecule has 1 aliphatic rings. The molecule has 4 rings (SSSR count). The summed E-state index contributed by atoms with van der Waals surface area (Å²) in [7, 11) is 1.22. The van der Waals surface area contributed by atoms with E-state index in [9.17, 15) is 14.4 Å². The van der Waals surface area contributed by atoms with Crippen molar-refractivity contribution in [2.75, 3.05) is 13.7 Å². The van der Waals surface area contributed by atoms with Crippen molar-refractivity contribution in [3.8, 4) is 11.5 Å². The molecule has 1 fully saturated rings. The summed E-state index contributed by atoms with van der Waals surface area (Å²) < 4.78 is 23.5. The van der Waals surface area contributed by atoms with E-state index in [1.807, 2.05) is 25.1 Å². The highest BCUT2D eigenvalue weighted by molar-refractivity contribution is 9.11. The van der Waals surface area contributed by atoms with Gasteiger partial charge in [-0.3, -0.25) is 9.69 Å². The Morgan fingerprint density at radius 3 is 2.63 bits per heavy atom. The van der Waals surface area contributed by atoms with Crippen LogP contribution in [-0.2, 0) is 22.7 Å². The van der Waals surface area contributed by atoms with Gasteiger partial charge >= 0.3 is 12.0 Å². The van der Waals surface area contributed by atoms with E-state index in [1.165, 1.54) is 25.3 Å². The van der Waals surface area contributed by atoms with Gasteiger partial charge in [-0.05, 0) is 55.0 Å². The number of hydrogen-bond donors (Lipinski definition) is 1. The number of esters is 1. The molecule has 2 aromatic carbocycles. The van der Waals surface area contributed by atoms with E-state index in [0.717, 1.165) is 19.4 Å². The Kier molecular flexibility index (Phi) is 8.80. The highest BCUT2D eigenvalue weighted by Gasteiger charge is 2.34. The predicted molar refractivity (Wildman–Crippen MR) is 146 cm³/mol. The van der Waals surface area contributed by atoms with Gasteiger partial charge in [0.15, 0.2) is 11.5 Å². The molecule has 38 heavy (non-hydrogen) atoms. The van der Waals surface area contributed by atoms with E-state index in [-0.39, 0.29) is 35.4 Å². The molecule has 1 aromatic heterocycles. The van der Waals surface area contributed by atoms with Gasteiger partial charge in [0.1, 0.15) is 18.1 Å². The third kappa shape index (κ3) is 6.23. The van der Waals surface area contributed by atoms with Crippen LogP contribution >= 0.6 is 43.5 Å². The van der Waals surface area contributed by atoms with E-state index < -0.39 is 17.9 Å². The molecule has 0 unspecified atom stereocenters. The van der Waals surface area contributed by atoms with Crippen molar-refractivity contribution < 1.29 is 33.0 Å². The van der Waals surface area contributed by atoms with Gasteiger partial charge < -0.3 is 23.9 Å². The Balaban J connectivity index is 1.53. The lowest BCUT2D eigenvalue weighted by Gasteiger charge is -2.15. The molecule has 0 saturated carbocycles. The van der Waals surface area contributed by atoms with Crippen LogP contribution in [0, 0.1) is 0 Å². The normalized spacial score (nSPS) is 14.1. The molecular weight excluding hydrogens is 648 g/mol. The molecule has 2 heterocycles. The molecule has 198 valence electrons. The van der Waals surface area contributed by atoms with Crippen molar-refractivity contribution in [1.82, 2.24) is 10.2 Å². The quantitative estimate of drug-likeness (QED) is 0.162. The smallest absolute Gasteiger partial charge is 0.373 e. The molecule has 0 aliphatic carbocycles. The lowest BCUT2D eigenvalue weighted by molar-refractivity contribution is -0.123. The number of imide groups is 1. The average Bonchev–Trinajstić information content (AvgIpc) is 3.45. The average molecular weight is 669 g/mol. The van der Waals surface area contributed by atoms with Crippen molar-refractivity contribution in [3.05, 3.63) is 84.8 Å². The fraction of sp³-hybridized carbons (Fsp3) is 0.192. The van der Waals surface area contributed by atoms with Crippen LogP contribution in [0.4, 0.5) is 4.79 Å². The zero-order valence-electron chi connectivity index (χ0n) is 20.2. The monoisotopic (exact) mass is 666 g/mol. The number of ether oxygens (including phenoxy) is 3. The Morgan fingerprint density at radius 1 is 1.13 bits per heavy atom. The van der Waals surface area contributed by atoms with Crippen LogP contribution in [-0.4, -0.2) is 36.5 Å². The van der Waals surface area contributed by atoms with Crippen molar-refractivity contribution in [2.45, 2.75) is 20.1 Å². The van der Waals surface area contributed by atoms with Crippen molar-refractivity contribution in [3.63, 3.8) is 0 Å². The number of carbonyl (C=O) groups is 3. The van der Waals surface area contributed by atoms with Gasteiger partial charge in [-0.15, -0.1) is 0 Å². The van der Waals surface area contributed by atoms with Crippen LogP contribution in [0.2, 0.25) is 5.02 Å². The topological polar surface area (TPSA) is 107 Å². The first-order valence-corrected chi connectivity index (χ1v) is 13.2. The maximum Gasteiger partial charge on any atom is 0.373 e. The highest BCUT2D eigenvalue weighted by Crippen LogP contribution is 2.38. The second-order valence-corrected chi connectivity index (χ2v) is 10.1. The number of carbonyl (C=O) groups excluding carboxylic acids is 3. The molecule has 3 aromatic rings. The number of furan rings is 1. The number of amides is 3. The van der Waals surface area contributed by atoms with Gasteiger partial charge in [0.25, 0.3) is 5.91 Å². The standard InChI is InChI=1S/C26H21Br2ClN2O7/c1-3-36-22-10-14(8-19(29)23(22)37-13-15-4-5-16(27)11-18(15)28)9-20-24(32)31(26(34)30-20)12-17-6-7-21(38-17)25(33)35-2/h4-11H,3,12-13H2,1-2H3,(H,30,34)/b20-9-. The maximum atomic E-state index is 12.9. The summed E-state index contributed by atoms with van der Waals surface area (Å²) >= 11 is 13.5. The first-order valence-electron chi connectivity index (χ1n) is 11.2. The Morgan fingerprint density at radius 2 is 1.92 bits per heavy atom. The van der Waals surface area contributed by atoms with Crippen LogP contribution in [0.15, 0.2) is 61.5 Å². The van der Waals surface area contributed by atoms with Gasteiger partial charge in [0.2, 0.25) is 5.76 Å². The zero-order valence-corrected chi connectivity index (χ0v) is 24.1. The number of nitrogens with zero attached hydrogens (tertiary/aromatic N) is 1. The van der Waals surface area contributed by atoms with E-state index in [2.05, 4.69) is 41.9 Å². The molecule has 0 atom stereocenters. The van der Waals surface area contributed by atoms with Crippen molar-refractivity contribution >= 4 is 67.4 Å². The highest BCUT2D eigenvalue weighted by atomic mass is 79.9. The summed E-state index contributed by atoms with van der Waals surface area (Å²) in [6.07, 6.45) is 1.49. The van der Waals surface area contributed by atoms with Crippen LogP contribution in [0.5, 0.6) is 11.5 Å². The SMILES string of the molecule is CCOc1cc(/C=C2\NC(=O)N(Cc3ccc(C(=O)OC)o3)C2=O)cc(Cl)c1OCc1ccc(Br)cc1Br. The van der Waals surface area contributed by atoms with E-state index in [4.69, 9.17) is 25.5 Å². The van der Waals surface area contributed by atoms with Crippen LogP contribution in [0.1, 0.15) is 34.4 Å². The molecule has 9 nitrogen and oxygen atoms in total. The van der Waals surface area contributed by atoms with E-state index in [1.54, 1.807) is 12.1 Å². The lowest BCUT2D eigenvalue weighted by atomic mass is 10.1. The summed E-state index contributed by atoms with van der Waals surface area (Å²) in [5.41, 5.74) is 1.47. The Labute approximate surface area is 239 Å². The number of nitrogens with one attached hydrogen (secondary N) is 1. The number of benzene rings is 2. The van der Waals surface area contributed by atoms with Crippen LogP contribution in [0.25, 0.3) is 6.08 Å². The molecule has 12 heteroatoms. The van der Waals surface area contributed by atoms with Gasteiger partial charge in [-0.1, -0.05) is 49.5 Å². The van der Waals surface area contributed by atoms with Crippen molar-refractivity contribution in [2.24, 2.45) is 0 Å². The van der Waals surface area contributed by atoms with Gasteiger partial charge in [-0.25, -0.2) is 9.59 Å². The number of rotatable bonds is 9. The fourth-order valence-corrected chi connectivity index (χ4v) is 5.01. The van der Waals surface area contributed by atoms with Gasteiger partial charge in [0.05, 0.1) is 25.3 Å². The fourth-order valence-electron chi connectivity index (χ4n) is 3.57. The number of urea groups is 1. The minimum atomic E-state index is -0.659. The largest absolute Gasteiger partial charge is 0.490 e. The molecule has 3 amide bonds. The summed E-state index contributed by atoms with van der Waals surface area (Å²) in [6, 6.07) is 11.3. The molecule has 1 aliphatic heterocycles. The first kappa shape index (κ1) is 27.7.